The third-order valence-corrected chi connectivity index (χ3v) is 20.7. The first-order valence-corrected chi connectivity index (χ1v) is 37.4. The monoisotopic (exact) mass is 1590 g/mol. The summed E-state index contributed by atoms with van der Waals surface area (Å²) in [5.74, 6) is -0.923. The molecule has 5 aliphatic heterocycles. The minimum absolute atomic E-state index is 0.0504. The van der Waals surface area contributed by atoms with Gasteiger partial charge in [0.15, 0.2) is 54.1 Å². The number of ether oxygens (including phenoxy) is 5. The molecule has 0 bridgehead atoms. The number of hydrogen-bond acceptors (Lipinski definition) is 41. The van der Waals surface area contributed by atoms with E-state index in [1.807, 2.05) is 4.98 Å². The number of aliphatic hydroxyl groups is 6. The van der Waals surface area contributed by atoms with Crippen molar-refractivity contribution in [3.05, 3.63) is 104 Å². The number of anilines is 4. The lowest BCUT2D eigenvalue weighted by atomic mass is 10.1. The van der Waals surface area contributed by atoms with E-state index < -0.39 is 217 Å². The zero-order chi connectivity index (χ0) is 75.7. The molecule has 0 spiro atoms. The fourth-order valence-corrected chi connectivity index (χ4v) is 15.7. The van der Waals surface area contributed by atoms with Crippen LogP contribution in [0.4, 0.5) is 23.3 Å². The van der Waals surface area contributed by atoms with Gasteiger partial charge in [-0.25, -0.2) is 67.1 Å². The minimum atomic E-state index is -5.90. The Morgan fingerprint density at radius 2 is 0.733 bits per heavy atom. The highest BCUT2D eigenvalue weighted by Crippen LogP contribution is 2.56. The predicted molar refractivity (Wildman–Crippen MR) is 333 cm³/mol. The molecule has 7 aromatic rings. The Kier molecular flexibility index (Phi) is 22.2. The molecule has 0 aromatic carbocycles. The van der Waals surface area contributed by atoms with Gasteiger partial charge in [0.25, 0.3) is 5.56 Å². The maximum atomic E-state index is 14.3. The van der Waals surface area contributed by atoms with Gasteiger partial charge in [0.2, 0.25) is 0 Å². The number of phosphoric ester groups is 5. The summed E-state index contributed by atoms with van der Waals surface area (Å²) in [6.07, 6.45) is -33.9. The van der Waals surface area contributed by atoms with Gasteiger partial charge in [-0.3, -0.25) is 73.3 Å². The molecule has 5 fully saturated rings. The van der Waals surface area contributed by atoms with E-state index in [2.05, 4.69) is 44.4 Å². The molecule has 12 heterocycles. The average Bonchev–Trinajstić information content (AvgIpc) is 1.62. The van der Waals surface area contributed by atoms with Crippen molar-refractivity contribution in [2.75, 3.05) is 56.0 Å². The van der Waals surface area contributed by atoms with E-state index in [9.17, 15) is 102 Å². The van der Waals surface area contributed by atoms with Crippen LogP contribution >= 0.6 is 39.1 Å². The van der Waals surface area contributed by atoms with Crippen LogP contribution in [0.25, 0.3) is 22.3 Å². The van der Waals surface area contributed by atoms with E-state index >= 15 is 0 Å². The summed E-state index contributed by atoms with van der Waals surface area (Å²) in [6, 6.07) is 3.01. The Hall–Kier alpha value is -7.15. The quantitative estimate of drug-likeness (QED) is 0.0203. The van der Waals surface area contributed by atoms with Crippen LogP contribution in [0.1, 0.15) is 31.1 Å². The van der Waals surface area contributed by atoms with Crippen LogP contribution in [0.2, 0.25) is 0 Å². The Bertz CT molecular complexity index is 4880. The number of aliphatic hydroxyl groups excluding tert-OH is 6. The van der Waals surface area contributed by atoms with Gasteiger partial charge >= 0.3 is 56.2 Å². The van der Waals surface area contributed by atoms with Gasteiger partial charge in [0, 0.05) is 24.7 Å². The number of aromatic nitrogens is 14. The zero-order valence-corrected chi connectivity index (χ0v) is 56.9. The average molecular weight is 1590 g/mol. The van der Waals surface area contributed by atoms with Crippen LogP contribution in [0.15, 0.2) is 81.3 Å². The molecule has 105 heavy (non-hydrogen) atoms. The number of nitrogens with zero attached hydrogens (tertiary/aromatic N) is 13. The Balaban J connectivity index is 0.768. The molecular weight excluding hydrogens is 1530 g/mol. The Morgan fingerprint density at radius 3 is 1.10 bits per heavy atom. The molecule has 24 atom stereocenters. The van der Waals surface area contributed by atoms with Crippen LogP contribution in [0.3, 0.4) is 0 Å². The van der Waals surface area contributed by atoms with Crippen molar-refractivity contribution in [2.24, 2.45) is 0 Å². The Labute approximate surface area is 580 Å². The van der Waals surface area contributed by atoms with Crippen molar-refractivity contribution in [1.82, 2.24) is 67.7 Å². The lowest BCUT2D eigenvalue weighted by molar-refractivity contribution is -0.0654. The lowest BCUT2D eigenvalue weighted by Gasteiger charge is -2.27. The summed E-state index contributed by atoms with van der Waals surface area (Å²) < 4.78 is 147. The lowest BCUT2D eigenvalue weighted by Crippen LogP contribution is -2.39. The Morgan fingerprint density at radius 1 is 0.410 bits per heavy atom. The van der Waals surface area contributed by atoms with E-state index in [1.165, 1.54) is 6.07 Å². The van der Waals surface area contributed by atoms with E-state index in [-0.39, 0.29) is 45.6 Å². The van der Waals surface area contributed by atoms with Gasteiger partial charge in [0.05, 0.1) is 45.7 Å². The second-order valence-electron chi connectivity index (χ2n) is 23.2. The van der Waals surface area contributed by atoms with Crippen LogP contribution < -0.4 is 45.6 Å². The fourth-order valence-electron chi connectivity index (χ4n) is 11.5. The first kappa shape index (κ1) is 77.5. The maximum absolute atomic E-state index is 14.3. The second-order valence-corrected chi connectivity index (χ2v) is 30.0. The molecule has 0 saturated carbocycles. The largest absolute Gasteiger partial charge is 0.472 e. The van der Waals surface area contributed by atoms with Crippen molar-refractivity contribution in [1.29, 1.82) is 0 Å². The van der Waals surface area contributed by atoms with Gasteiger partial charge in [-0.15, -0.1) is 0 Å². The van der Waals surface area contributed by atoms with Gasteiger partial charge in [-0.2, -0.15) is 9.97 Å². The maximum Gasteiger partial charge on any atom is 0.472 e. The van der Waals surface area contributed by atoms with Crippen LogP contribution in [-0.2, 0) is 87.2 Å². The molecule has 53 nitrogen and oxygen atoms in total. The third-order valence-electron chi connectivity index (χ3n) is 16.3. The summed E-state index contributed by atoms with van der Waals surface area (Å²) in [4.78, 5) is 147. The van der Waals surface area contributed by atoms with E-state index in [4.69, 9.17) is 82.8 Å². The number of fused-ring (bicyclic) bond motifs is 2. The van der Waals surface area contributed by atoms with Crippen molar-refractivity contribution < 1.29 is 147 Å². The highest BCUT2D eigenvalue weighted by molar-refractivity contribution is 7.48. The molecule has 0 aliphatic carbocycles. The summed E-state index contributed by atoms with van der Waals surface area (Å²) in [5.41, 5.74) is 18.4. The molecule has 5 aliphatic rings. The summed E-state index contributed by atoms with van der Waals surface area (Å²) in [6.45, 7) is -6.33. The van der Waals surface area contributed by atoms with Gasteiger partial charge < -0.3 is 107 Å². The number of nitrogen functional groups attached to an aromatic ring is 4. The number of nitrogens with two attached hydrogens (primary N) is 4. The molecule has 4 unspecified atom stereocenters. The minimum Gasteiger partial charge on any atom is -0.387 e. The van der Waals surface area contributed by atoms with Gasteiger partial charge in [-0.1, -0.05) is 0 Å². The number of aromatic amines is 1. The van der Waals surface area contributed by atoms with E-state index in [0.29, 0.717) is 9.13 Å². The molecule has 58 heteroatoms. The molecule has 5 saturated heterocycles. The van der Waals surface area contributed by atoms with Crippen LogP contribution in [-0.4, -0.2) is 252 Å². The number of rotatable bonds is 28. The smallest absolute Gasteiger partial charge is 0.387 e. The zero-order valence-electron chi connectivity index (χ0n) is 52.5. The van der Waals surface area contributed by atoms with Gasteiger partial charge in [0.1, 0.15) is 127 Å². The number of imidazole rings is 2. The van der Waals surface area contributed by atoms with Crippen molar-refractivity contribution in [3.8, 4) is 0 Å². The number of nitrogens with one attached hydrogen (secondary N) is 1. The highest BCUT2D eigenvalue weighted by Gasteiger charge is 2.57. The normalized spacial score (nSPS) is 32.4. The summed E-state index contributed by atoms with van der Waals surface area (Å²) in [7, 11) is -28.5. The molecule has 12 rings (SSSR count). The standard InChI is InChI=1S/C47H61N18O35P5/c48-21-1-4-61(45(73)58-21)40-27(68)26(67)16(92-40)7-88-102(79,80)99-34-19(95-43(30(34)71)64-14-56-24-36(50)52-12-54-38(24)64)10-91-104(83,84)98-33-18(94-41(29(33)70)62-5-2-22(49)59-46(62)74)9-89-105(85,86)100-35-20(96-44(31(35)72)65-15-57-25-37(51)53-13-55-39(25)65)11-90-103(81,82)97-32-17(8-87-101(76,77)78)93-42(28(32)69)63-6-3-23(66)60-47(63)75/h1-6,12-20,26-35,40-44,67-72H,7-11H2,(H,79,80)(H,81,82)(H,83,84)(H,85,86)(H2,48,58,73)(H2,49,59,74)(H2,50,52,54)(H2,51,53,55)(H,60,66,75)(H2,76,77,78)/t16-,17-,18-,19-,20-,26-,27-,28-,29-,30-,31-,32-,33-,34-,35-,40-,41-,42-,43-,44-/m0/s1. The third kappa shape index (κ3) is 16.8. The molecule has 0 amide bonds. The molecular formula is C47H61N18O35P5. The predicted octanol–water partition coefficient (Wildman–Crippen LogP) is -7.17. The molecule has 21 N–H and O–H groups in total. The van der Waals surface area contributed by atoms with Crippen molar-refractivity contribution in [2.45, 2.75) is 123 Å². The number of H-pyrrole nitrogens is 1. The molecule has 574 valence electrons. The van der Waals surface area contributed by atoms with Crippen molar-refractivity contribution in [3.63, 3.8) is 0 Å². The summed E-state index contributed by atoms with van der Waals surface area (Å²) >= 11 is 0. The summed E-state index contributed by atoms with van der Waals surface area (Å²) in [5, 5.41) is 68.4. The van der Waals surface area contributed by atoms with Crippen LogP contribution in [0.5, 0.6) is 0 Å². The number of phosphoric acid groups is 5. The van der Waals surface area contributed by atoms with Gasteiger partial charge in [-0.05, 0) is 12.1 Å². The SMILES string of the molecule is Nc1ccn([C@H]2O[C@@H](COP(=O)(O)O[C@@H]3[C@H](O)[C@@H](n4cnc5c(N)ncnc54)O[C@H]3COP(=O)(O)O[C@@H]3[C@H](O)[C@@H](n4ccc(N)nc4=O)O[C@H]3COP(=O)(O)O[C@@H]3[C@H](O)[C@@H](n4cnc5c(N)ncnc54)O[C@H]3COP(=O)(O)O[C@@H]3[C@H](O)[C@@H](n4ccc(=O)[nH]c4=O)O[C@H]3COP(=O)(O)O)[C@H](O)[C@@H]2O)c(=O)n1. The van der Waals surface area contributed by atoms with E-state index in [1.54, 1.807) is 0 Å². The first-order valence-electron chi connectivity index (χ1n) is 29.9. The fraction of sp³-hybridized carbons (Fsp3) is 0.532. The second kappa shape index (κ2) is 30.1. The van der Waals surface area contributed by atoms with E-state index in [0.717, 1.165) is 69.7 Å². The topological polar surface area (TPSA) is 773 Å². The molecule has 7 aromatic heterocycles. The van der Waals surface area contributed by atoms with Crippen molar-refractivity contribution >= 4 is 84.7 Å². The van der Waals surface area contributed by atoms with Crippen LogP contribution in [0, 0.1) is 0 Å². The number of hydrogen-bond donors (Lipinski definition) is 17. The first-order chi connectivity index (χ1) is 49.4. The molecule has 0 radical (unpaired) electrons. The highest BCUT2D eigenvalue weighted by atomic mass is 31.2.